The summed E-state index contributed by atoms with van der Waals surface area (Å²) in [5.41, 5.74) is 1.34. The van der Waals surface area contributed by atoms with Gasteiger partial charge in [-0.1, -0.05) is 11.6 Å². The highest BCUT2D eigenvalue weighted by Crippen LogP contribution is 2.36. The van der Waals surface area contributed by atoms with Crippen LogP contribution in [0.25, 0.3) is 0 Å². The second kappa shape index (κ2) is 3.88. The van der Waals surface area contributed by atoms with Gasteiger partial charge in [-0.15, -0.1) is 5.10 Å². The van der Waals surface area contributed by atoms with Gasteiger partial charge in [0.15, 0.2) is 6.29 Å². The molecular formula is C9H13N3O2. The van der Waals surface area contributed by atoms with Crippen LogP contribution in [0.4, 0.5) is 0 Å². The van der Waals surface area contributed by atoms with E-state index in [-0.39, 0.29) is 6.61 Å². The summed E-state index contributed by atoms with van der Waals surface area (Å²) >= 11 is 0. The molecule has 5 heteroatoms. The SMILES string of the molecule is O=Cc1nnn(CCO)c1C1CCC1. The molecule has 2 rings (SSSR count). The van der Waals surface area contributed by atoms with Crippen molar-refractivity contribution in [2.75, 3.05) is 6.61 Å². The van der Waals surface area contributed by atoms with Crippen molar-refractivity contribution < 1.29 is 9.90 Å². The predicted molar refractivity (Wildman–Crippen MR) is 49.1 cm³/mol. The Kier molecular flexibility index (Phi) is 2.58. The third kappa shape index (κ3) is 1.43. The predicted octanol–water partition coefficient (Wildman–Crippen LogP) is 0.350. The Bertz CT molecular complexity index is 331. The van der Waals surface area contributed by atoms with E-state index < -0.39 is 0 Å². The molecule has 1 aromatic heterocycles. The molecule has 5 nitrogen and oxygen atoms in total. The first kappa shape index (κ1) is 9.33. The summed E-state index contributed by atoms with van der Waals surface area (Å²) in [6.45, 7) is 0.452. The number of nitrogens with zero attached hydrogens (tertiary/aromatic N) is 3. The van der Waals surface area contributed by atoms with Crippen molar-refractivity contribution in [2.24, 2.45) is 0 Å². The van der Waals surface area contributed by atoms with E-state index in [1.165, 1.54) is 6.42 Å². The number of carbonyl (C=O) groups is 1. The zero-order valence-electron chi connectivity index (χ0n) is 7.89. The number of aliphatic hydroxyl groups excluding tert-OH is 1. The van der Waals surface area contributed by atoms with E-state index in [1.807, 2.05) is 0 Å². The minimum atomic E-state index is 0.0291. The topological polar surface area (TPSA) is 68.0 Å². The largest absolute Gasteiger partial charge is 0.394 e. The number of hydrogen-bond donors (Lipinski definition) is 1. The lowest BCUT2D eigenvalue weighted by molar-refractivity contribution is 0.111. The zero-order valence-corrected chi connectivity index (χ0v) is 7.89. The Labute approximate surface area is 81.7 Å². The van der Waals surface area contributed by atoms with Crippen molar-refractivity contribution >= 4 is 6.29 Å². The van der Waals surface area contributed by atoms with Gasteiger partial charge in [-0.2, -0.15) is 0 Å². The van der Waals surface area contributed by atoms with E-state index in [0.29, 0.717) is 18.2 Å². The van der Waals surface area contributed by atoms with Gasteiger partial charge in [0.25, 0.3) is 0 Å². The van der Waals surface area contributed by atoms with Crippen molar-refractivity contribution in [3.05, 3.63) is 11.4 Å². The Morgan fingerprint density at radius 1 is 1.57 bits per heavy atom. The summed E-state index contributed by atoms with van der Waals surface area (Å²) in [6, 6.07) is 0. The van der Waals surface area contributed by atoms with Gasteiger partial charge in [0.2, 0.25) is 0 Å². The van der Waals surface area contributed by atoms with Crippen LogP contribution in [0.5, 0.6) is 0 Å². The summed E-state index contributed by atoms with van der Waals surface area (Å²) in [5, 5.41) is 16.5. The minimum Gasteiger partial charge on any atom is -0.394 e. The van der Waals surface area contributed by atoms with Crippen LogP contribution in [0, 0.1) is 0 Å². The van der Waals surface area contributed by atoms with Gasteiger partial charge in [0.05, 0.1) is 18.8 Å². The molecule has 0 aliphatic heterocycles. The summed E-state index contributed by atoms with van der Waals surface area (Å²) in [5.74, 6) is 0.414. The normalized spacial score (nSPS) is 16.6. The van der Waals surface area contributed by atoms with Gasteiger partial charge in [-0.05, 0) is 12.8 Å². The third-order valence-electron chi connectivity index (χ3n) is 2.72. The molecule has 0 saturated heterocycles. The highest BCUT2D eigenvalue weighted by Gasteiger charge is 2.27. The minimum absolute atomic E-state index is 0.0291. The Balaban J connectivity index is 2.29. The summed E-state index contributed by atoms with van der Waals surface area (Å²) in [4.78, 5) is 10.7. The molecule has 1 aliphatic rings. The van der Waals surface area contributed by atoms with E-state index in [9.17, 15) is 4.79 Å². The summed E-state index contributed by atoms with van der Waals surface area (Å²) < 4.78 is 1.65. The van der Waals surface area contributed by atoms with E-state index in [4.69, 9.17) is 5.11 Å². The van der Waals surface area contributed by atoms with Crippen LogP contribution in [0.15, 0.2) is 0 Å². The van der Waals surface area contributed by atoms with Crippen LogP contribution in [0.2, 0.25) is 0 Å². The molecular weight excluding hydrogens is 182 g/mol. The first-order chi connectivity index (χ1) is 6.86. The monoisotopic (exact) mass is 195 g/mol. The Morgan fingerprint density at radius 3 is 2.86 bits per heavy atom. The maximum absolute atomic E-state index is 10.7. The van der Waals surface area contributed by atoms with Crippen LogP contribution >= 0.6 is 0 Å². The van der Waals surface area contributed by atoms with Crippen LogP contribution in [0.3, 0.4) is 0 Å². The van der Waals surface area contributed by atoms with Gasteiger partial charge >= 0.3 is 0 Å². The van der Waals surface area contributed by atoms with Gasteiger partial charge in [0, 0.05) is 5.92 Å². The lowest BCUT2D eigenvalue weighted by Gasteiger charge is -2.25. The maximum Gasteiger partial charge on any atom is 0.172 e. The second-order valence-corrected chi connectivity index (χ2v) is 3.55. The average Bonchev–Trinajstić information content (AvgIpc) is 2.47. The summed E-state index contributed by atoms with van der Waals surface area (Å²) in [6.07, 6.45) is 4.14. The molecule has 0 radical (unpaired) electrons. The molecule has 0 atom stereocenters. The first-order valence-corrected chi connectivity index (χ1v) is 4.86. The lowest BCUT2D eigenvalue weighted by Crippen LogP contribution is -2.17. The number of hydrogen-bond acceptors (Lipinski definition) is 4. The average molecular weight is 195 g/mol. The highest BCUT2D eigenvalue weighted by molar-refractivity contribution is 5.73. The molecule has 1 heterocycles. The lowest BCUT2D eigenvalue weighted by atomic mass is 9.82. The van der Waals surface area contributed by atoms with Gasteiger partial charge < -0.3 is 5.11 Å². The molecule has 0 unspecified atom stereocenters. The molecule has 1 saturated carbocycles. The molecule has 0 spiro atoms. The number of aliphatic hydroxyl groups is 1. The number of aldehydes is 1. The van der Waals surface area contributed by atoms with Gasteiger partial charge in [0.1, 0.15) is 5.69 Å². The third-order valence-corrected chi connectivity index (χ3v) is 2.72. The Morgan fingerprint density at radius 2 is 2.36 bits per heavy atom. The molecule has 14 heavy (non-hydrogen) atoms. The van der Waals surface area contributed by atoms with Crippen molar-refractivity contribution in [3.8, 4) is 0 Å². The fraction of sp³-hybridized carbons (Fsp3) is 0.667. The van der Waals surface area contributed by atoms with Gasteiger partial charge in [-0.3, -0.25) is 4.79 Å². The molecule has 0 amide bonds. The maximum atomic E-state index is 10.7. The molecule has 76 valence electrons. The van der Waals surface area contributed by atoms with Crippen LogP contribution in [-0.2, 0) is 6.54 Å². The van der Waals surface area contributed by atoms with Crippen molar-refractivity contribution in [1.82, 2.24) is 15.0 Å². The van der Waals surface area contributed by atoms with Crippen molar-refractivity contribution in [3.63, 3.8) is 0 Å². The standard InChI is InChI=1S/C9H13N3O2/c13-5-4-12-9(7-2-1-3-7)8(6-14)10-11-12/h6-7,13H,1-5H2. The first-order valence-electron chi connectivity index (χ1n) is 4.86. The number of rotatable bonds is 4. The Hall–Kier alpha value is -1.23. The van der Waals surface area contributed by atoms with Crippen LogP contribution in [-0.4, -0.2) is 33.0 Å². The number of aromatic nitrogens is 3. The quantitative estimate of drug-likeness (QED) is 0.704. The van der Waals surface area contributed by atoms with Gasteiger partial charge in [-0.25, -0.2) is 4.68 Å². The van der Waals surface area contributed by atoms with Crippen LogP contribution < -0.4 is 0 Å². The molecule has 1 fully saturated rings. The molecule has 0 aromatic carbocycles. The summed E-state index contributed by atoms with van der Waals surface area (Å²) in [7, 11) is 0. The smallest absolute Gasteiger partial charge is 0.172 e. The van der Waals surface area contributed by atoms with Crippen LogP contribution in [0.1, 0.15) is 41.4 Å². The fourth-order valence-corrected chi connectivity index (χ4v) is 1.78. The fourth-order valence-electron chi connectivity index (χ4n) is 1.78. The van der Waals surface area contributed by atoms with Crippen molar-refractivity contribution in [2.45, 2.75) is 31.7 Å². The van der Waals surface area contributed by atoms with E-state index in [2.05, 4.69) is 10.3 Å². The molecule has 1 aliphatic carbocycles. The zero-order chi connectivity index (χ0) is 9.97. The number of carbonyl (C=O) groups excluding carboxylic acids is 1. The molecule has 0 bridgehead atoms. The highest BCUT2D eigenvalue weighted by atomic mass is 16.3. The second-order valence-electron chi connectivity index (χ2n) is 3.55. The molecule has 1 aromatic rings. The van der Waals surface area contributed by atoms with Crippen molar-refractivity contribution in [1.29, 1.82) is 0 Å². The molecule has 1 N–H and O–H groups in total. The van der Waals surface area contributed by atoms with E-state index in [0.717, 1.165) is 24.8 Å². The van der Waals surface area contributed by atoms with E-state index >= 15 is 0 Å². The van der Waals surface area contributed by atoms with E-state index in [1.54, 1.807) is 4.68 Å².